The fourth-order valence-electron chi connectivity index (χ4n) is 2.32. The number of anilines is 1. The quantitative estimate of drug-likeness (QED) is 0.728. The van der Waals surface area contributed by atoms with Gasteiger partial charge in [-0.25, -0.2) is 0 Å². The Morgan fingerprint density at radius 2 is 2.12 bits per heavy atom. The summed E-state index contributed by atoms with van der Waals surface area (Å²) in [4.78, 5) is 12.0. The minimum Gasteiger partial charge on any atom is -0.480 e. The average Bonchev–Trinajstić information content (AvgIpc) is 3.10. The lowest BCUT2D eigenvalue weighted by atomic mass is 10.2. The van der Waals surface area contributed by atoms with Crippen LogP contribution in [0.15, 0.2) is 18.2 Å². The monoisotopic (exact) mass is 329 g/mol. The predicted molar refractivity (Wildman–Crippen MR) is 86.8 cm³/mol. The van der Waals surface area contributed by atoms with Gasteiger partial charge in [0.15, 0.2) is 17.3 Å². The van der Waals surface area contributed by atoms with Gasteiger partial charge >= 0.3 is 0 Å². The van der Waals surface area contributed by atoms with Crippen molar-refractivity contribution in [2.45, 2.75) is 26.2 Å². The summed E-state index contributed by atoms with van der Waals surface area (Å²) in [6, 6.07) is 5.36. The van der Waals surface area contributed by atoms with Crippen molar-refractivity contribution in [3.63, 3.8) is 0 Å². The van der Waals surface area contributed by atoms with E-state index >= 15 is 0 Å². The van der Waals surface area contributed by atoms with Gasteiger partial charge in [-0.3, -0.25) is 9.48 Å². The molecule has 0 radical (unpaired) electrons. The van der Waals surface area contributed by atoms with E-state index in [1.807, 2.05) is 20.0 Å². The molecule has 24 heavy (non-hydrogen) atoms. The first-order valence-corrected chi connectivity index (χ1v) is 7.62. The van der Waals surface area contributed by atoms with E-state index in [1.165, 1.54) is 0 Å². The van der Waals surface area contributed by atoms with E-state index in [4.69, 9.17) is 4.74 Å². The van der Waals surface area contributed by atoms with Crippen molar-refractivity contribution in [2.24, 2.45) is 7.05 Å². The predicted octanol–water partition coefficient (Wildman–Crippen LogP) is 1.14. The molecular formula is C15H19N7O2. The van der Waals surface area contributed by atoms with Crippen molar-refractivity contribution in [2.75, 3.05) is 12.4 Å². The van der Waals surface area contributed by atoms with Crippen LogP contribution >= 0.6 is 0 Å². The molecular weight excluding hydrogens is 310 g/mol. The number of rotatable bonds is 6. The van der Waals surface area contributed by atoms with Crippen LogP contribution in [-0.4, -0.2) is 42.6 Å². The number of nitrogens with one attached hydrogen (secondary N) is 1. The second kappa shape index (κ2) is 6.65. The number of fused-ring (bicyclic) bond motifs is 1. The summed E-state index contributed by atoms with van der Waals surface area (Å²) in [5, 5.41) is 19.4. The molecule has 3 aromatic rings. The summed E-state index contributed by atoms with van der Waals surface area (Å²) < 4.78 is 8.46. The first-order chi connectivity index (χ1) is 11.6. The maximum atomic E-state index is 12.0. The van der Waals surface area contributed by atoms with Crippen molar-refractivity contribution in [1.82, 2.24) is 29.6 Å². The van der Waals surface area contributed by atoms with E-state index in [0.717, 1.165) is 5.69 Å². The van der Waals surface area contributed by atoms with Crippen molar-refractivity contribution in [1.29, 1.82) is 0 Å². The third kappa shape index (κ3) is 3.34. The summed E-state index contributed by atoms with van der Waals surface area (Å²) >= 11 is 0. The van der Waals surface area contributed by atoms with Crippen molar-refractivity contribution < 1.29 is 9.53 Å². The van der Waals surface area contributed by atoms with E-state index in [1.54, 1.807) is 28.4 Å². The number of amides is 1. The van der Waals surface area contributed by atoms with Crippen molar-refractivity contribution in [3.05, 3.63) is 29.7 Å². The molecule has 0 aliphatic carbocycles. The van der Waals surface area contributed by atoms with Crippen LogP contribution in [0, 0.1) is 6.92 Å². The fraction of sp³-hybridized carbons (Fsp3) is 0.400. The Morgan fingerprint density at radius 3 is 2.83 bits per heavy atom. The van der Waals surface area contributed by atoms with Gasteiger partial charge in [0.1, 0.15) is 0 Å². The highest BCUT2D eigenvalue weighted by molar-refractivity contribution is 5.89. The zero-order chi connectivity index (χ0) is 17.1. The molecule has 0 bridgehead atoms. The number of methoxy groups -OCH3 is 1. The van der Waals surface area contributed by atoms with Crippen LogP contribution in [0.4, 0.5) is 5.82 Å². The molecule has 0 aliphatic heterocycles. The van der Waals surface area contributed by atoms with Crippen LogP contribution in [-0.2, 0) is 18.3 Å². The van der Waals surface area contributed by atoms with Gasteiger partial charge in [-0.2, -0.15) is 9.61 Å². The number of ether oxygens (including phenoxy) is 1. The molecule has 0 unspecified atom stereocenters. The van der Waals surface area contributed by atoms with Gasteiger partial charge in [0.2, 0.25) is 11.8 Å². The number of nitrogens with zero attached hydrogens (tertiary/aromatic N) is 6. The molecule has 1 amide bonds. The molecule has 126 valence electrons. The van der Waals surface area contributed by atoms with Gasteiger partial charge in [-0.15, -0.1) is 15.3 Å². The highest BCUT2D eigenvalue weighted by Crippen LogP contribution is 2.11. The Bertz CT molecular complexity index is 848. The lowest BCUT2D eigenvalue weighted by Gasteiger charge is -2.02. The van der Waals surface area contributed by atoms with Crippen molar-refractivity contribution in [3.8, 4) is 5.88 Å². The van der Waals surface area contributed by atoms with E-state index in [9.17, 15) is 4.79 Å². The third-order valence-corrected chi connectivity index (χ3v) is 3.70. The highest BCUT2D eigenvalue weighted by atomic mass is 16.5. The fourth-order valence-corrected chi connectivity index (χ4v) is 2.32. The Hall–Kier alpha value is -2.97. The molecule has 0 aliphatic rings. The van der Waals surface area contributed by atoms with Crippen LogP contribution < -0.4 is 10.1 Å². The van der Waals surface area contributed by atoms with E-state index in [2.05, 4.69) is 25.7 Å². The van der Waals surface area contributed by atoms with Gasteiger partial charge in [-0.1, -0.05) is 0 Å². The average molecular weight is 329 g/mol. The number of aryl methyl sites for hydroxylation is 3. The highest BCUT2D eigenvalue weighted by Gasteiger charge is 2.10. The van der Waals surface area contributed by atoms with Crippen LogP contribution in [0.1, 0.15) is 24.4 Å². The summed E-state index contributed by atoms with van der Waals surface area (Å²) in [6.07, 6.45) is 1.60. The summed E-state index contributed by atoms with van der Waals surface area (Å²) in [5.41, 5.74) is 1.64. The number of carbonyl (C=O) groups is 1. The van der Waals surface area contributed by atoms with Gasteiger partial charge in [0, 0.05) is 37.7 Å². The number of hydrogen-bond acceptors (Lipinski definition) is 6. The zero-order valence-corrected chi connectivity index (χ0v) is 13.9. The first kappa shape index (κ1) is 15.9. The van der Waals surface area contributed by atoms with E-state index < -0.39 is 0 Å². The summed E-state index contributed by atoms with van der Waals surface area (Å²) in [7, 11) is 3.39. The number of carbonyl (C=O) groups excluding carboxylic acids is 1. The normalized spacial score (nSPS) is 11.0. The third-order valence-electron chi connectivity index (χ3n) is 3.70. The molecule has 0 saturated carbocycles. The SMILES string of the molecule is COc1ccc2nnc(CCCC(=O)Nc3cc(C)n(C)n3)n2n1. The van der Waals surface area contributed by atoms with Crippen LogP contribution in [0.3, 0.4) is 0 Å². The second-order valence-corrected chi connectivity index (χ2v) is 5.46. The smallest absolute Gasteiger partial charge is 0.231 e. The Kier molecular flexibility index (Phi) is 4.41. The molecule has 3 aromatic heterocycles. The standard InChI is InChI=1S/C15H19N7O2/c1-10-9-11(19-21(10)2)16-14(23)6-4-5-12-17-18-13-7-8-15(24-3)20-22(12)13/h7-9H,4-6H2,1-3H3,(H,16,19,23). The zero-order valence-electron chi connectivity index (χ0n) is 13.9. The maximum Gasteiger partial charge on any atom is 0.231 e. The molecule has 0 spiro atoms. The Morgan fingerprint density at radius 1 is 1.29 bits per heavy atom. The van der Waals surface area contributed by atoms with Gasteiger partial charge in [0.25, 0.3) is 0 Å². The second-order valence-electron chi connectivity index (χ2n) is 5.46. The summed E-state index contributed by atoms with van der Waals surface area (Å²) in [5.74, 6) is 1.68. The minimum absolute atomic E-state index is 0.0764. The minimum atomic E-state index is -0.0764. The molecule has 0 atom stereocenters. The molecule has 3 rings (SSSR count). The van der Waals surface area contributed by atoms with Crippen LogP contribution in [0.5, 0.6) is 5.88 Å². The van der Waals surface area contributed by atoms with E-state index in [0.29, 0.717) is 42.4 Å². The molecule has 0 saturated heterocycles. The van der Waals surface area contributed by atoms with Gasteiger partial charge < -0.3 is 10.1 Å². The van der Waals surface area contributed by atoms with Crippen molar-refractivity contribution >= 4 is 17.4 Å². The lowest BCUT2D eigenvalue weighted by Crippen LogP contribution is -2.12. The number of hydrogen-bond donors (Lipinski definition) is 1. The van der Waals surface area contributed by atoms with E-state index in [-0.39, 0.29) is 5.91 Å². The number of aromatic nitrogens is 6. The largest absolute Gasteiger partial charge is 0.480 e. The van der Waals surface area contributed by atoms with Gasteiger partial charge in [-0.05, 0) is 19.4 Å². The Labute approximate surface area is 138 Å². The molecule has 0 fully saturated rings. The Balaban J connectivity index is 1.57. The molecule has 0 aromatic carbocycles. The van der Waals surface area contributed by atoms with Gasteiger partial charge in [0.05, 0.1) is 7.11 Å². The first-order valence-electron chi connectivity index (χ1n) is 7.62. The van der Waals surface area contributed by atoms with Crippen LogP contribution in [0.25, 0.3) is 5.65 Å². The molecule has 9 nitrogen and oxygen atoms in total. The van der Waals surface area contributed by atoms with Crippen LogP contribution in [0.2, 0.25) is 0 Å². The summed E-state index contributed by atoms with van der Waals surface area (Å²) in [6.45, 7) is 1.93. The topological polar surface area (TPSA) is 99.2 Å². The molecule has 9 heteroatoms. The maximum absolute atomic E-state index is 12.0. The molecule has 3 heterocycles. The molecule has 1 N–H and O–H groups in total. The lowest BCUT2D eigenvalue weighted by molar-refractivity contribution is -0.116.